The minimum absolute atomic E-state index is 0.105. The Morgan fingerprint density at radius 1 is 1.28 bits per heavy atom. The summed E-state index contributed by atoms with van der Waals surface area (Å²) in [4.78, 5) is 21.8. The molecule has 32 heavy (non-hydrogen) atoms. The monoisotopic (exact) mass is 455 g/mol. The summed E-state index contributed by atoms with van der Waals surface area (Å²) in [5.74, 6) is 0.540. The molecular weight excluding hydrogens is 434 g/mol. The zero-order valence-corrected chi connectivity index (χ0v) is 18.8. The van der Waals surface area contributed by atoms with Crippen molar-refractivity contribution >= 4 is 40.2 Å². The molecule has 0 aliphatic carbocycles. The summed E-state index contributed by atoms with van der Waals surface area (Å²) in [7, 11) is 0. The fourth-order valence-corrected chi connectivity index (χ4v) is 3.52. The largest absolute Gasteiger partial charge is 0.444 e. The third-order valence-corrected chi connectivity index (χ3v) is 4.78. The van der Waals surface area contributed by atoms with E-state index < -0.39 is 11.7 Å². The minimum Gasteiger partial charge on any atom is -0.444 e. The van der Waals surface area contributed by atoms with Crippen LogP contribution in [0.2, 0.25) is 5.02 Å². The van der Waals surface area contributed by atoms with E-state index in [-0.39, 0.29) is 5.82 Å². The standard InChI is InChI=1S/C21H22ClN7O3/c1-5-29-17-13(25-20(30)31-21(2,3)4)10-24-14(11-7-6-8-12(22)9-11)15(17)26-19(29)16-18(23)28-32-27-16/h6-10H,5H2,1-4H3,(H2,23,28)(H,25,30). The Kier molecular flexibility index (Phi) is 5.47. The van der Waals surface area contributed by atoms with Crippen LogP contribution in [0, 0.1) is 0 Å². The van der Waals surface area contributed by atoms with Gasteiger partial charge in [0.15, 0.2) is 17.3 Å². The normalized spacial score (nSPS) is 11.7. The number of hydrogen-bond donors (Lipinski definition) is 2. The molecule has 1 aromatic carbocycles. The smallest absolute Gasteiger partial charge is 0.412 e. The van der Waals surface area contributed by atoms with Gasteiger partial charge in [0.05, 0.1) is 23.1 Å². The average Bonchev–Trinajstić information content (AvgIpc) is 3.29. The Balaban J connectivity index is 1.95. The highest BCUT2D eigenvalue weighted by molar-refractivity contribution is 6.30. The number of ether oxygens (including phenoxy) is 1. The lowest BCUT2D eigenvalue weighted by Gasteiger charge is -2.20. The van der Waals surface area contributed by atoms with Crippen molar-refractivity contribution in [3.05, 3.63) is 35.5 Å². The number of anilines is 2. The molecule has 0 saturated heterocycles. The van der Waals surface area contributed by atoms with Gasteiger partial charge in [-0.1, -0.05) is 23.7 Å². The second-order valence-electron chi connectivity index (χ2n) is 8.03. The maximum Gasteiger partial charge on any atom is 0.412 e. The Morgan fingerprint density at radius 3 is 2.69 bits per heavy atom. The third kappa shape index (κ3) is 4.09. The molecule has 166 valence electrons. The van der Waals surface area contributed by atoms with Crippen LogP contribution in [-0.2, 0) is 11.3 Å². The average molecular weight is 456 g/mol. The number of aromatic nitrogens is 5. The molecule has 0 fully saturated rings. The molecule has 1 amide bonds. The molecule has 11 heteroatoms. The molecule has 0 aliphatic rings. The molecule has 0 unspecified atom stereocenters. The van der Waals surface area contributed by atoms with Gasteiger partial charge in [-0.25, -0.2) is 14.4 Å². The number of pyridine rings is 1. The van der Waals surface area contributed by atoms with E-state index in [1.807, 2.05) is 23.6 Å². The van der Waals surface area contributed by atoms with Crippen LogP contribution >= 0.6 is 11.6 Å². The van der Waals surface area contributed by atoms with Crippen molar-refractivity contribution in [3.63, 3.8) is 0 Å². The second kappa shape index (κ2) is 8.12. The first-order valence-electron chi connectivity index (χ1n) is 9.91. The van der Waals surface area contributed by atoms with Crippen molar-refractivity contribution in [2.45, 2.75) is 39.8 Å². The van der Waals surface area contributed by atoms with Crippen LogP contribution in [0.15, 0.2) is 35.1 Å². The van der Waals surface area contributed by atoms with Crippen LogP contribution in [-0.4, -0.2) is 36.5 Å². The van der Waals surface area contributed by atoms with Crippen molar-refractivity contribution < 1.29 is 14.2 Å². The summed E-state index contributed by atoms with van der Waals surface area (Å²) in [5.41, 5.74) is 8.50. The molecular formula is C21H22ClN7O3. The van der Waals surface area contributed by atoms with E-state index in [0.29, 0.717) is 45.5 Å². The molecule has 10 nitrogen and oxygen atoms in total. The first-order chi connectivity index (χ1) is 15.2. The van der Waals surface area contributed by atoms with Gasteiger partial charge in [-0.3, -0.25) is 10.3 Å². The second-order valence-corrected chi connectivity index (χ2v) is 8.47. The zero-order valence-electron chi connectivity index (χ0n) is 18.0. The number of rotatable bonds is 4. The molecule has 0 atom stereocenters. The quantitative estimate of drug-likeness (QED) is 0.450. The topological polar surface area (TPSA) is 134 Å². The molecule has 3 N–H and O–H groups in total. The maximum absolute atomic E-state index is 12.5. The predicted octanol–water partition coefficient (Wildman–Crippen LogP) is 4.75. The molecule has 0 aliphatic heterocycles. The fraction of sp³-hybridized carbons (Fsp3) is 0.286. The van der Waals surface area contributed by atoms with Gasteiger partial charge in [0.2, 0.25) is 0 Å². The van der Waals surface area contributed by atoms with Gasteiger partial charge in [-0.05, 0) is 50.1 Å². The Morgan fingerprint density at radius 2 is 2.06 bits per heavy atom. The fourth-order valence-electron chi connectivity index (χ4n) is 3.33. The van der Waals surface area contributed by atoms with E-state index >= 15 is 0 Å². The zero-order chi connectivity index (χ0) is 23.0. The third-order valence-electron chi connectivity index (χ3n) is 4.55. The van der Waals surface area contributed by atoms with E-state index in [4.69, 9.17) is 31.7 Å². The van der Waals surface area contributed by atoms with Crippen LogP contribution < -0.4 is 11.1 Å². The van der Waals surface area contributed by atoms with Gasteiger partial charge in [-0.2, -0.15) is 0 Å². The lowest BCUT2D eigenvalue weighted by atomic mass is 10.1. The number of nitrogen functional groups attached to an aromatic ring is 1. The van der Waals surface area contributed by atoms with Crippen molar-refractivity contribution in [3.8, 4) is 22.8 Å². The number of nitrogens with one attached hydrogen (secondary N) is 1. The van der Waals surface area contributed by atoms with Crippen molar-refractivity contribution in [2.24, 2.45) is 0 Å². The first kappa shape index (κ1) is 21.6. The van der Waals surface area contributed by atoms with Gasteiger partial charge < -0.3 is 15.0 Å². The number of fused-ring (bicyclic) bond motifs is 1. The molecule has 4 aromatic rings. The van der Waals surface area contributed by atoms with Crippen LogP contribution in [0.3, 0.4) is 0 Å². The van der Waals surface area contributed by atoms with Gasteiger partial charge in [0, 0.05) is 17.1 Å². The lowest BCUT2D eigenvalue weighted by molar-refractivity contribution is 0.0636. The molecule has 0 bridgehead atoms. The van der Waals surface area contributed by atoms with Crippen molar-refractivity contribution in [2.75, 3.05) is 11.1 Å². The number of hydrogen-bond acceptors (Lipinski definition) is 8. The molecule has 0 radical (unpaired) electrons. The summed E-state index contributed by atoms with van der Waals surface area (Å²) >= 11 is 6.20. The van der Waals surface area contributed by atoms with Crippen molar-refractivity contribution in [1.29, 1.82) is 0 Å². The number of benzene rings is 1. The highest BCUT2D eigenvalue weighted by Crippen LogP contribution is 2.36. The number of aryl methyl sites for hydroxylation is 1. The van der Waals surface area contributed by atoms with Crippen LogP contribution in [0.25, 0.3) is 33.8 Å². The summed E-state index contributed by atoms with van der Waals surface area (Å²) < 4.78 is 12.0. The van der Waals surface area contributed by atoms with E-state index in [2.05, 4.69) is 20.6 Å². The molecule has 3 heterocycles. The molecule has 3 aromatic heterocycles. The number of amides is 1. The van der Waals surface area contributed by atoms with Gasteiger partial charge in [-0.15, -0.1) is 0 Å². The van der Waals surface area contributed by atoms with E-state index in [1.165, 1.54) is 0 Å². The number of nitrogens with two attached hydrogens (primary N) is 1. The number of imidazole rings is 1. The van der Waals surface area contributed by atoms with Crippen LogP contribution in [0.5, 0.6) is 0 Å². The molecule has 0 saturated carbocycles. The van der Waals surface area contributed by atoms with Crippen LogP contribution in [0.1, 0.15) is 27.7 Å². The predicted molar refractivity (Wildman–Crippen MR) is 121 cm³/mol. The highest BCUT2D eigenvalue weighted by atomic mass is 35.5. The summed E-state index contributed by atoms with van der Waals surface area (Å²) in [6.45, 7) is 7.80. The first-order valence-corrected chi connectivity index (χ1v) is 10.3. The van der Waals surface area contributed by atoms with E-state index in [9.17, 15) is 4.79 Å². The highest BCUT2D eigenvalue weighted by Gasteiger charge is 2.25. The number of nitrogens with zero attached hydrogens (tertiary/aromatic N) is 5. The summed E-state index contributed by atoms with van der Waals surface area (Å²) in [6, 6.07) is 7.28. The lowest BCUT2D eigenvalue weighted by Crippen LogP contribution is -2.27. The van der Waals surface area contributed by atoms with E-state index in [1.54, 1.807) is 39.1 Å². The number of carbonyl (C=O) groups excluding carboxylic acids is 1. The summed E-state index contributed by atoms with van der Waals surface area (Å²) in [6.07, 6.45) is 0.953. The Hall–Kier alpha value is -3.66. The number of carbonyl (C=O) groups is 1. The van der Waals surface area contributed by atoms with Crippen LogP contribution in [0.4, 0.5) is 16.3 Å². The SMILES string of the molecule is CCn1c(-c2nonc2N)nc2c(-c3cccc(Cl)c3)ncc(NC(=O)OC(C)(C)C)c21. The minimum atomic E-state index is -0.658. The Bertz CT molecular complexity index is 1310. The van der Waals surface area contributed by atoms with E-state index in [0.717, 1.165) is 5.56 Å². The molecule has 4 rings (SSSR count). The van der Waals surface area contributed by atoms with Gasteiger partial charge in [0.1, 0.15) is 11.1 Å². The maximum atomic E-state index is 12.5. The Labute approximate surface area is 188 Å². The van der Waals surface area contributed by atoms with Crippen molar-refractivity contribution in [1.82, 2.24) is 24.8 Å². The van der Waals surface area contributed by atoms with Gasteiger partial charge in [0.25, 0.3) is 0 Å². The molecule has 0 spiro atoms. The number of halogens is 1. The summed E-state index contributed by atoms with van der Waals surface area (Å²) in [5, 5.41) is 10.9. The van der Waals surface area contributed by atoms with Gasteiger partial charge >= 0.3 is 6.09 Å².